The molecule has 0 fully saturated rings. The molecular formula is C25H20N2O5. The fourth-order valence-electron chi connectivity index (χ4n) is 4.18. The number of Topliss-reactive ketones (excluding diaryl/α,β-unsaturated/α-hetero) is 1. The van der Waals surface area contributed by atoms with Crippen LogP contribution < -0.4 is 0 Å². The summed E-state index contributed by atoms with van der Waals surface area (Å²) in [6.45, 7) is 5.50. The van der Waals surface area contributed by atoms with Gasteiger partial charge in [0.25, 0.3) is 5.69 Å². The number of rotatable bonds is 5. The van der Waals surface area contributed by atoms with Crippen molar-refractivity contribution in [2.24, 2.45) is 5.16 Å². The molecule has 3 aromatic carbocycles. The third-order valence-corrected chi connectivity index (χ3v) is 6.02. The van der Waals surface area contributed by atoms with E-state index in [0.717, 1.165) is 22.3 Å². The van der Waals surface area contributed by atoms with Crippen LogP contribution in [0.4, 0.5) is 5.69 Å². The van der Waals surface area contributed by atoms with Gasteiger partial charge in [0.15, 0.2) is 5.78 Å². The number of benzene rings is 3. The Kier molecular flexibility index (Phi) is 4.97. The lowest BCUT2D eigenvalue weighted by Crippen LogP contribution is -2.17. The second-order valence-corrected chi connectivity index (χ2v) is 8.29. The highest BCUT2D eigenvalue weighted by atomic mass is 16.6. The van der Waals surface area contributed by atoms with Gasteiger partial charge >= 0.3 is 0 Å². The van der Waals surface area contributed by atoms with Gasteiger partial charge in [-0.15, -0.1) is 0 Å². The summed E-state index contributed by atoms with van der Waals surface area (Å²) in [4.78, 5) is 35.8. The van der Waals surface area contributed by atoms with Crippen LogP contribution in [0.15, 0.2) is 65.8 Å². The Morgan fingerprint density at radius 3 is 1.91 bits per heavy atom. The molecular weight excluding hydrogens is 408 g/mol. The van der Waals surface area contributed by atoms with E-state index in [9.17, 15) is 19.7 Å². The maximum atomic E-state index is 13.0. The number of nitro benzene ring substituents is 1. The Morgan fingerprint density at radius 1 is 0.875 bits per heavy atom. The molecule has 7 heteroatoms. The SMILES string of the molecule is C/C(=N\O)C(=O)c1ccc2c(c1)C(C)(C)c1cc(C(=O)c3ccc([N+](=O)[O-])cc3)ccc1-2. The number of carbonyl (C=O) groups is 2. The van der Waals surface area contributed by atoms with Crippen molar-refractivity contribution in [2.45, 2.75) is 26.2 Å². The summed E-state index contributed by atoms with van der Waals surface area (Å²) in [5, 5.41) is 22.8. The summed E-state index contributed by atoms with van der Waals surface area (Å²) >= 11 is 0. The highest BCUT2D eigenvalue weighted by Gasteiger charge is 2.36. The Hall–Kier alpha value is -4.13. The first-order valence-corrected chi connectivity index (χ1v) is 9.97. The van der Waals surface area contributed by atoms with Gasteiger partial charge in [0.1, 0.15) is 5.71 Å². The third-order valence-electron chi connectivity index (χ3n) is 6.02. The van der Waals surface area contributed by atoms with E-state index in [4.69, 9.17) is 5.21 Å². The zero-order valence-corrected chi connectivity index (χ0v) is 17.7. The molecule has 0 aromatic heterocycles. The van der Waals surface area contributed by atoms with Crippen molar-refractivity contribution in [3.63, 3.8) is 0 Å². The first kappa shape index (κ1) is 21.1. The Morgan fingerprint density at radius 2 is 1.38 bits per heavy atom. The predicted octanol–water partition coefficient (Wildman–Crippen LogP) is 5.16. The number of fused-ring (bicyclic) bond motifs is 3. The smallest absolute Gasteiger partial charge is 0.269 e. The third kappa shape index (κ3) is 3.28. The average Bonchev–Trinajstić information content (AvgIpc) is 3.03. The summed E-state index contributed by atoms with van der Waals surface area (Å²) in [7, 11) is 0. The molecule has 32 heavy (non-hydrogen) atoms. The Balaban J connectivity index is 1.73. The molecule has 3 aromatic rings. The highest BCUT2D eigenvalue weighted by molar-refractivity contribution is 6.45. The van der Waals surface area contributed by atoms with Gasteiger partial charge in [-0.1, -0.05) is 43.3 Å². The van der Waals surface area contributed by atoms with E-state index in [-0.39, 0.29) is 23.0 Å². The molecule has 0 saturated carbocycles. The van der Waals surface area contributed by atoms with Gasteiger partial charge in [0, 0.05) is 34.2 Å². The largest absolute Gasteiger partial charge is 0.411 e. The van der Waals surface area contributed by atoms with Crippen LogP contribution in [0.2, 0.25) is 0 Å². The zero-order chi connectivity index (χ0) is 23.2. The van der Waals surface area contributed by atoms with E-state index >= 15 is 0 Å². The van der Waals surface area contributed by atoms with Gasteiger partial charge in [-0.05, 0) is 53.4 Å². The summed E-state index contributed by atoms with van der Waals surface area (Å²) in [6.07, 6.45) is 0. The average molecular weight is 428 g/mol. The van der Waals surface area contributed by atoms with Crippen molar-refractivity contribution in [1.29, 1.82) is 0 Å². The van der Waals surface area contributed by atoms with Crippen LogP contribution in [-0.2, 0) is 5.41 Å². The van der Waals surface area contributed by atoms with Crippen LogP contribution in [-0.4, -0.2) is 27.4 Å². The molecule has 1 N–H and O–H groups in total. The summed E-state index contributed by atoms with van der Waals surface area (Å²) in [6, 6.07) is 16.4. The number of carbonyl (C=O) groups excluding carboxylic acids is 2. The fourth-order valence-corrected chi connectivity index (χ4v) is 4.18. The molecule has 0 heterocycles. The van der Waals surface area contributed by atoms with Crippen molar-refractivity contribution in [3.8, 4) is 11.1 Å². The van der Waals surface area contributed by atoms with E-state index in [0.29, 0.717) is 16.7 Å². The summed E-state index contributed by atoms with van der Waals surface area (Å²) in [5.41, 5.74) is 4.63. The molecule has 0 unspecified atom stereocenters. The minimum Gasteiger partial charge on any atom is -0.411 e. The first-order chi connectivity index (χ1) is 15.1. The number of non-ortho nitro benzene ring substituents is 1. The van der Waals surface area contributed by atoms with Crippen LogP contribution >= 0.6 is 0 Å². The van der Waals surface area contributed by atoms with Crippen molar-refractivity contribution < 1.29 is 19.7 Å². The van der Waals surface area contributed by atoms with Gasteiger partial charge < -0.3 is 5.21 Å². The number of ketones is 2. The summed E-state index contributed by atoms with van der Waals surface area (Å²) in [5.74, 6) is -0.573. The molecule has 1 aliphatic rings. The standard InChI is InChI=1S/C25H20N2O5/c1-14(26-30)23(28)16-6-10-19-20-11-7-17(13-22(20)25(2,3)21(19)12-16)24(29)15-4-8-18(9-5-15)27(31)32/h4-13,30H,1-3H3/b26-14+. The van der Waals surface area contributed by atoms with Crippen molar-refractivity contribution in [1.82, 2.24) is 0 Å². The zero-order valence-electron chi connectivity index (χ0n) is 17.7. The maximum Gasteiger partial charge on any atom is 0.269 e. The summed E-state index contributed by atoms with van der Waals surface area (Å²) < 4.78 is 0. The van der Waals surface area contributed by atoms with Crippen LogP contribution in [0.25, 0.3) is 11.1 Å². The fraction of sp³-hybridized carbons (Fsp3) is 0.160. The molecule has 0 atom stereocenters. The minimum absolute atomic E-state index is 0.00856. The van der Waals surface area contributed by atoms with Crippen LogP contribution in [0.3, 0.4) is 0 Å². The van der Waals surface area contributed by atoms with E-state index in [1.165, 1.54) is 31.2 Å². The number of nitro groups is 1. The minimum atomic E-state index is -0.504. The van der Waals surface area contributed by atoms with Crippen molar-refractivity contribution in [3.05, 3.63) is 98.6 Å². The normalized spacial score (nSPS) is 13.9. The lowest BCUT2D eigenvalue weighted by molar-refractivity contribution is -0.384. The molecule has 160 valence electrons. The van der Waals surface area contributed by atoms with Gasteiger partial charge in [-0.3, -0.25) is 19.7 Å². The monoisotopic (exact) mass is 428 g/mol. The van der Waals surface area contributed by atoms with Gasteiger partial charge in [0.2, 0.25) is 5.78 Å². The maximum absolute atomic E-state index is 13.0. The molecule has 0 radical (unpaired) electrons. The first-order valence-electron chi connectivity index (χ1n) is 9.97. The van der Waals surface area contributed by atoms with Crippen molar-refractivity contribution >= 4 is 23.0 Å². The van der Waals surface area contributed by atoms with Crippen LogP contribution in [0, 0.1) is 10.1 Å². The predicted molar refractivity (Wildman–Crippen MR) is 120 cm³/mol. The van der Waals surface area contributed by atoms with Crippen molar-refractivity contribution in [2.75, 3.05) is 0 Å². The second kappa shape index (κ2) is 7.53. The number of hydrogen-bond acceptors (Lipinski definition) is 6. The van der Waals surface area contributed by atoms with Crippen LogP contribution in [0.1, 0.15) is 58.2 Å². The number of nitrogens with zero attached hydrogens (tertiary/aromatic N) is 2. The molecule has 7 nitrogen and oxygen atoms in total. The van der Waals surface area contributed by atoms with Crippen LogP contribution in [0.5, 0.6) is 0 Å². The quantitative estimate of drug-likeness (QED) is 0.198. The molecule has 0 spiro atoms. The lowest BCUT2D eigenvalue weighted by atomic mass is 9.81. The molecule has 0 bridgehead atoms. The van der Waals surface area contributed by atoms with Gasteiger partial charge in [-0.2, -0.15) is 0 Å². The number of oxime groups is 1. The Labute approximate surface area is 184 Å². The topological polar surface area (TPSA) is 110 Å². The molecule has 0 amide bonds. The Bertz CT molecular complexity index is 1320. The van der Waals surface area contributed by atoms with Gasteiger partial charge in [-0.25, -0.2) is 0 Å². The van der Waals surface area contributed by atoms with E-state index in [2.05, 4.69) is 5.16 Å². The van der Waals surface area contributed by atoms with E-state index < -0.39 is 10.3 Å². The second-order valence-electron chi connectivity index (χ2n) is 8.29. The van der Waals surface area contributed by atoms with E-state index in [1.54, 1.807) is 12.1 Å². The lowest BCUT2D eigenvalue weighted by Gasteiger charge is -2.22. The van der Waals surface area contributed by atoms with E-state index in [1.807, 2.05) is 38.1 Å². The van der Waals surface area contributed by atoms with Gasteiger partial charge in [0.05, 0.1) is 4.92 Å². The number of hydrogen-bond donors (Lipinski definition) is 1. The molecule has 4 rings (SSSR count). The molecule has 1 aliphatic carbocycles. The highest BCUT2D eigenvalue weighted by Crippen LogP contribution is 2.49. The molecule has 0 aliphatic heterocycles. The molecule has 0 saturated heterocycles.